The Kier molecular flexibility index (Phi) is 5.57. The van der Waals surface area contributed by atoms with E-state index in [4.69, 9.17) is 4.98 Å². The van der Waals surface area contributed by atoms with Crippen LogP contribution in [-0.4, -0.2) is 41.8 Å². The van der Waals surface area contributed by atoms with Gasteiger partial charge in [0.2, 0.25) is 5.91 Å². The number of carbonyl (C=O) groups is 2. The molecule has 10 heteroatoms. The Balaban J connectivity index is 1.42. The van der Waals surface area contributed by atoms with Gasteiger partial charge in [0.05, 0.1) is 34.0 Å². The lowest BCUT2D eigenvalue weighted by Gasteiger charge is -2.06. The lowest BCUT2D eigenvalue weighted by atomic mass is 10.0. The van der Waals surface area contributed by atoms with Crippen molar-refractivity contribution in [1.82, 2.24) is 30.1 Å². The first-order chi connectivity index (χ1) is 18.0. The van der Waals surface area contributed by atoms with Crippen molar-refractivity contribution < 1.29 is 9.59 Å². The van der Waals surface area contributed by atoms with Crippen molar-refractivity contribution in [3.8, 4) is 33.1 Å². The topological polar surface area (TPSA) is 129 Å². The Morgan fingerprint density at radius 3 is 2.65 bits per heavy atom. The summed E-state index contributed by atoms with van der Waals surface area (Å²) in [7, 11) is 0. The van der Waals surface area contributed by atoms with Crippen LogP contribution in [0.15, 0.2) is 61.2 Å². The number of nitrogens with one attached hydrogen (secondary N) is 3. The molecule has 0 atom stereocenters. The number of aromatic nitrogens is 6. The molecule has 6 aromatic rings. The van der Waals surface area contributed by atoms with Crippen LogP contribution in [-0.2, 0) is 4.79 Å². The number of rotatable bonds is 6. The van der Waals surface area contributed by atoms with Gasteiger partial charge in [-0.3, -0.25) is 24.7 Å². The summed E-state index contributed by atoms with van der Waals surface area (Å²) in [5, 5.41) is 11.4. The molecule has 0 saturated carbocycles. The molecular formula is C27H21N7O2S. The highest BCUT2D eigenvalue weighted by molar-refractivity contribution is 7.17. The molecule has 1 amide bonds. The molecule has 6 rings (SSSR count). The van der Waals surface area contributed by atoms with E-state index >= 15 is 0 Å². The highest BCUT2D eigenvalue weighted by atomic mass is 32.1. The third kappa shape index (κ3) is 4.17. The molecule has 0 aliphatic heterocycles. The molecule has 0 bridgehead atoms. The van der Waals surface area contributed by atoms with Crippen molar-refractivity contribution in [1.29, 1.82) is 0 Å². The molecule has 182 valence electrons. The van der Waals surface area contributed by atoms with Gasteiger partial charge < -0.3 is 10.3 Å². The molecule has 5 aromatic heterocycles. The van der Waals surface area contributed by atoms with Crippen molar-refractivity contribution in [3.63, 3.8) is 0 Å². The van der Waals surface area contributed by atoms with Crippen LogP contribution in [0, 0.1) is 0 Å². The summed E-state index contributed by atoms with van der Waals surface area (Å²) >= 11 is 1.43. The number of hydrogen-bond donors (Lipinski definition) is 3. The Morgan fingerprint density at radius 2 is 1.84 bits per heavy atom. The summed E-state index contributed by atoms with van der Waals surface area (Å²) in [6.07, 6.45) is 7.29. The molecule has 1 aromatic carbocycles. The van der Waals surface area contributed by atoms with Crippen LogP contribution in [0.1, 0.15) is 29.9 Å². The molecule has 0 aliphatic carbocycles. The van der Waals surface area contributed by atoms with Gasteiger partial charge in [0, 0.05) is 40.2 Å². The molecule has 9 nitrogen and oxygen atoms in total. The molecule has 0 aliphatic rings. The number of aromatic amines is 2. The number of ketones is 1. The minimum Gasteiger partial charge on any atom is -0.335 e. The van der Waals surface area contributed by atoms with Gasteiger partial charge in [0.1, 0.15) is 11.2 Å². The van der Waals surface area contributed by atoms with Crippen molar-refractivity contribution in [2.24, 2.45) is 0 Å². The van der Waals surface area contributed by atoms with Crippen LogP contribution >= 0.6 is 11.3 Å². The van der Waals surface area contributed by atoms with E-state index in [0.717, 1.165) is 43.5 Å². The lowest BCUT2D eigenvalue weighted by molar-refractivity contribution is -0.115. The fourth-order valence-electron chi connectivity index (χ4n) is 4.19. The number of H-pyrrole nitrogens is 2. The Hall–Kier alpha value is -4.70. The number of hydrogen-bond acceptors (Lipinski definition) is 7. The van der Waals surface area contributed by atoms with Gasteiger partial charge in [0.25, 0.3) is 0 Å². The first-order valence-electron chi connectivity index (χ1n) is 11.7. The highest BCUT2D eigenvalue weighted by Gasteiger charge is 2.17. The number of nitrogens with zero attached hydrogens (tertiary/aromatic N) is 4. The number of benzene rings is 1. The third-order valence-corrected chi connectivity index (χ3v) is 7.30. The standard InChI is InChI=1S/C27H21N7O2S/c1-3-24(36)30-17-8-16(10-28-11-17)15-4-5-20-18(9-15)26(34-33-20)27-31-21-13-29-12-19(25(21)32-27)23-7-6-22(37-23)14(2)35/h4-13H,3H2,1-2H3,(H,30,36)(H,31,32)(H,33,34). The summed E-state index contributed by atoms with van der Waals surface area (Å²) < 4.78 is 0. The average Bonchev–Trinajstić information content (AvgIpc) is 3.66. The fourth-order valence-corrected chi connectivity index (χ4v) is 5.10. The molecule has 0 spiro atoms. The van der Waals surface area contributed by atoms with Crippen molar-refractivity contribution >= 4 is 50.7 Å². The monoisotopic (exact) mass is 507 g/mol. The summed E-state index contributed by atoms with van der Waals surface area (Å²) in [5.74, 6) is 0.579. The van der Waals surface area contributed by atoms with Crippen LogP contribution in [0.2, 0.25) is 0 Å². The number of thiophene rings is 1. The number of pyridine rings is 2. The van der Waals surface area contributed by atoms with Gasteiger partial charge >= 0.3 is 0 Å². The quantitative estimate of drug-likeness (QED) is 0.243. The van der Waals surface area contributed by atoms with Crippen LogP contribution in [0.3, 0.4) is 0 Å². The van der Waals surface area contributed by atoms with Crippen molar-refractivity contribution in [2.45, 2.75) is 20.3 Å². The second kappa shape index (κ2) is 9.07. The smallest absolute Gasteiger partial charge is 0.224 e. The maximum atomic E-state index is 11.8. The van der Waals surface area contributed by atoms with Crippen LogP contribution in [0.4, 0.5) is 5.69 Å². The van der Waals surface area contributed by atoms with E-state index in [1.807, 2.05) is 43.3 Å². The number of imidazole rings is 1. The molecule has 37 heavy (non-hydrogen) atoms. The predicted molar refractivity (Wildman–Crippen MR) is 144 cm³/mol. The normalized spacial score (nSPS) is 11.3. The molecule has 5 heterocycles. The van der Waals surface area contributed by atoms with E-state index in [-0.39, 0.29) is 11.7 Å². The first kappa shape index (κ1) is 22.7. The van der Waals surface area contributed by atoms with Gasteiger partial charge in [0.15, 0.2) is 11.6 Å². The maximum Gasteiger partial charge on any atom is 0.224 e. The number of amides is 1. The first-order valence-corrected chi connectivity index (χ1v) is 12.5. The molecule has 0 radical (unpaired) electrons. The van der Waals surface area contributed by atoms with Crippen LogP contribution < -0.4 is 5.32 Å². The zero-order valence-corrected chi connectivity index (χ0v) is 20.8. The van der Waals surface area contributed by atoms with E-state index in [9.17, 15) is 9.59 Å². The van der Waals surface area contributed by atoms with Gasteiger partial charge in [-0.05, 0) is 42.8 Å². The fraction of sp³-hybridized carbons (Fsp3) is 0.111. The van der Waals surface area contributed by atoms with Gasteiger partial charge in [-0.15, -0.1) is 11.3 Å². The maximum absolute atomic E-state index is 11.8. The Morgan fingerprint density at radius 1 is 0.973 bits per heavy atom. The molecule has 3 N–H and O–H groups in total. The van der Waals surface area contributed by atoms with Gasteiger partial charge in [-0.25, -0.2) is 4.98 Å². The number of fused-ring (bicyclic) bond motifs is 2. The number of anilines is 1. The van der Waals surface area contributed by atoms with E-state index < -0.39 is 0 Å². The second-order valence-corrected chi connectivity index (χ2v) is 9.67. The van der Waals surface area contributed by atoms with Gasteiger partial charge in [-0.1, -0.05) is 13.0 Å². The summed E-state index contributed by atoms with van der Waals surface area (Å²) in [6.45, 7) is 3.37. The Bertz CT molecular complexity index is 1810. The minimum absolute atomic E-state index is 0.0337. The van der Waals surface area contributed by atoms with Crippen molar-refractivity contribution in [3.05, 3.63) is 66.1 Å². The summed E-state index contributed by atoms with van der Waals surface area (Å²) in [6, 6.07) is 11.6. The molecule has 0 unspecified atom stereocenters. The summed E-state index contributed by atoms with van der Waals surface area (Å²) in [4.78, 5) is 42.1. The Labute approximate surface area is 215 Å². The average molecular weight is 508 g/mol. The third-order valence-electron chi connectivity index (χ3n) is 6.08. The zero-order chi connectivity index (χ0) is 25.5. The van der Waals surface area contributed by atoms with E-state index in [1.165, 1.54) is 11.3 Å². The summed E-state index contributed by atoms with van der Waals surface area (Å²) in [5.41, 5.74) is 6.40. The van der Waals surface area contributed by atoms with E-state index in [0.29, 0.717) is 28.5 Å². The lowest BCUT2D eigenvalue weighted by Crippen LogP contribution is -2.09. The largest absolute Gasteiger partial charge is 0.335 e. The highest BCUT2D eigenvalue weighted by Crippen LogP contribution is 2.35. The van der Waals surface area contributed by atoms with Crippen LogP contribution in [0.5, 0.6) is 0 Å². The molecule has 0 fully saturated rings. The number of carbonyl (C=O) groups excluding carboxylic acids is 2. The van der Waals surface area contributed by atoms with Gasteiger partial charge in [-0.2, -0.15) is 5.10 Å². The van der Waals surface area contributed by atoms with E-state index in [2.05, 4.69) is 30.5 Å². The number of Topliss-reactive ketones (excluding diaryl/α,β-unsaturated/α-hetero) is 1. The van der Waals surface area contributed by atoms with Crippen LogP contribution in [0.25, 0.3) is 55.0 Å². The SMILES string of the molecule is CCC(=O)Nc1cncc(-c2ccc3[nH]nc(-c4nc5c(-c6ccc(C(C)=O)s6)cncc5[nH]4)c3c2)c1. The second-order valence-electron chi connectivity index (χ2n) is 8.59. The molecular weight excluding hydrogens is 486 g/mol. The zero-order valence-electron chi connectivity index (χ0n) is 20.0. The molecule has 0 saturated heterocycles. The van der Waals surface area contributed by atoms with E-state index in [1.54, 1.807) is 31.7 Å². The minimum atomic E-state index is -0.0645. The predicted octanol–water partition coefficient (Wildman–Crippen LogP) is 5.84. The van der Waals surface area contributed by atoms with Crippen molar-refractivity contribution in [2.75, 3.05) is 5.32 Å².